The van der Waals surface area contributed by atoms with Gasteiger partial charge in [-0.2, -0.15) is 4.98 Å². The lowest BCUT2D eigenvalue weighted by Gasteiger charge is -2.35. The van der Waals surface area contributed by atoms with E-state index in [1.807, 2.05) is 18.2 Å². The maximum absolute atomic E-state index is 12.3. The number of pyridine rings is 1. The number of fused-ring (bicyclic) bond motifs is 1. The molecule has 1 aromatic carbocycles. The average Bonchev–Trinajstić information content (AvgIpc) is 3.22. The molecule has 180 valence electrons. The average molecular weight is 486 g/mol. The standard InChI is InChI=1S/C24H28ClN5O4/c1-29(6-9-31)23(32)16-12-18(13-16)34-24-26-20-14-19(25)21(27-22(20)28-24)15-2-4-17(5-3-15)30-7-10-33-11-8-30/h2-5,14,16,18,31H,6-13H2,1H3,(H,26,27,28)/t16-,18+. The molecule has 2 N–H and O–H groups in total. The van der Waals surface area contributed by atoms with Crippen LogP contribution in [0.2, 0.25) is 5.02 Å². The first-order valence-electron chi connectivity index (χ1n) is 11.5. The van der Waals surface area contributed by atoms with Gasteiger partial charge < -0.3 is 29.4 Å². The molecule has 10 heteroatoms. The molecular weight excluding hydrogens is 458 g/mol. The number of aliphatic hydroxyl groups is 1. The number of amides is 1. The van der Waals surface area contributed by atoms with Crippen LogP contribution in [0, 0.1) is 5.92 Å². The number of hydrogen-bond acceptors (Lipinski definition) is 7. The number of nitrogens with one attached hydrogen (secondary N) is 1. The van der Waals surface area contributed by atoms with Crippen LogP contribution in [0.1, 0.15) is 12.8 Å². The van der Waals surface area contributed by atoms with Crippen molar-refractivity contribution in [1.29, 1.82) is 0 Å². The number of hydrogen-bond donors (Lipinski definition) is 2. The number of carbonyl (C=O) groups is 1. The second-order valence-electron chi connectivity index (χ2n) is 8.77. The number of aliphatic hydroxyl groups excluding tert-OH is 1. The van der Waals surface area contributed by atoms with Gasteiger partial charge in [-0.05, 0) is 31.0 Å². The Labute approximate surface area is 202 Å². The van der Waals surface area contributed by atoms with Crippen LogP contribution in [-0.2, 0) is 9.53 Å². The number of H-pyrrole nitrogens is 1. The number of morpholine rings is 1. The molecule has 1 saturated carbocycles. The van der Waals surface area contributed by atoms with Crippen LogP contribution < -0.4 is 9.64 Å². The lowest BCUT2D eigenvalue weighted by Crippen LogP contribution is -2.45. The molecule has 1 amide bonds. The minimum Gasteiger partial charge on any atom is -0.461 e. The summed E-state index contributed by atoms with van der Waals surface area (Å²) in [5.74, 6) is -0.0400. The molecule has 3 heterocycles. The number of nitrogens with zero attached hydrogens (tertiary/aromatic N) is 4. The summed E-state index contributed by atoms with van der Waals surface area (Å²) < 4.78 is 11.4. The van der Waals surface area contributed by atoms with Crippen molar-refractivity contribution in [3.05, 3.63) is 35.4 Å². The molecule has 3 aromatic rings. The van der Waals surface area contributed by atoms with Crippen molar-refractivity contribution in [2.45, 2.75) is 18.9 Å². The molecule has 1 aliphatic carbocycles. The van der Waals surface area contributed by atoms with Crippen molar-refractivity contribution >= 4 is 34.4 Å². The summed E-state index contributed by atoms with van der Waals surface area (Å²) in [6.45, 7) is 3.56. The number of anilines is 1. The number of benzene rings is 1. The van der Waals surface area contributed by atoms with Gasteiger partial charge in [-0.1, -0.05) is 23.7 Å². The van der Waals surface area contributed by atoms with E-state index in [1.165, 1.54) is 0 Å². The van der Waals surface area contributed by atoms with E-state index in [2.05, 4.69) is 32.0 Å². The van der Waals surface area contributed by atoms with Gasteiger partial charge in [-0.25, -0.2) is 4.98 Å². The summed E-state index contributed by atoms with van der Waals surface area (Å²) in [7, 11) is 1.70. The molecule has 0 unspecified atom stereocenters. The normalized spacial score (nSPS) is 20.3. The molecule has 34 heavy (non-hydrogen) atoms. The molecule has 2 fully saturated rings. The predicted molar refractivity (Wildman–Crippen MR) is 129 cm³/mol. The van der Waals surface area contributed by atoms with Crippen LogP contribution in [0.15, 0.2) is 30.3 Å². The van der Waals surface area contributed by atoms with Crippen molar-refractivity contribution in [3.63, 3.8) is 0 Å². The third-order valence-corrected chi connectivity index (χ3v) is 6.74. The van der Waals surface area contributed by atoms with E-state index in [4.69, 9.17) is 26.2 Å². The maximum atomic E-state index is 12.3. The van der Waals surface area contributed by atoms with Crippen LogP contribution in [-0.4, -0.2) is 83.5 Å². The summed E-state index contributed by atoms with van der Waals surface area (Å²) in [4.78, 5) is 28.4. The Morgan fingerprint density at radius 3 is 2.71 bits per heavy atom. The number of likely N-dealkylation sites (N-methyl/N-ethyl adjacent to an activating group) is 1. The Hall–Kier alpha value is -2.88. The summed E-state index contributed by atoms with van der Waals surface area (Å²) in [5, 5.41) is 9.53. The van der Waals surface area contributed by atoms with Crippen molar-refractivity contribution in [2.75, 3.05) is 51.4 Å². The van der Waals surface area contributed by atoms with Crippen LogP contribution in [0.25, 0.3) is 22.4 Å². The molecule has 1 aliphatic heterocycles. The highest BCUT2D eigenvalue weighted by Crippen LogP contribution is 2.34. The lowest BCUT2D eigenvalue weighted by molar-refractivity contribution is -0.140. The Kier molecular flexibility index (Phi) is 6.58. The van der Waals surface area contributed by atoms with Crippen LogP contribution in [0.4, 0.5) is 5.69 Å². The molecule has 2 aromatic heterocycles. The molecule has 0 radical (unpaired) electrons. The maximum Gasteiger partial charge on any atom is 0.296 e. The molecular formula is C24H28ClN5O4. The zero-order valence-electron chi connectivity index (χ0n) is 19.0. The monoisotopic (exact) mass is 485 g/mol. The second kappa shape index (κ2) is 9.77. The van der Waals surface area contributed by atoms with E-state index in [1.54, 1.807) is 11.9 Å². The van der Waals surface area contributed by atoms with Gasteiger partial charge in [0.2, 0.25) is 5.91 Å². The molecule has 9 nitrogen and oxygen atoms in total. The van der Waals surface area contributed by atoms with E-state index in [-0.39, 0.29) is 24.5 Å². The zero-order valence-corrected chi connectivity index (χ0v) is 19.8. The highest BCUT2D eigenvalue weighted by atomic mass is 35.5. The quantitative estimate of drug-likeness (QED) is 0.530. The molecule has 0 spiro atoms. The third kappa shape index (κ3) is 4.68. The van der Waals surface area contributed by atoms with E-state index in [0.29, 0.717) is 47.3 Å². The number of imidazole rings is 1. The van der Waals surface area contributed by atoms with E-state index in [9.17, 15) is 4.79 Å². The largest absolute Gasteiger partial charge is 0.461 e. The van der Waals surface area contributed by atoms with Crippen LogP contribution >= 0.6 is 11.6 Å². The van der Waals surface area contributed by atoms with E-state index >= 15 is 0 Å². The fourth-order valence-corrected chi connectivity index (χ4v) is 4.66. The first-order chi connectivity index (χ1) is 16.5. The highest BCUT2D eigenvalue weighted by molar-refractivity contribution is 6.33. The van der Waals surface area contributed by atoms with E-state index < -0.39 is 0 Å². The van der Waals surface area contributed by atoms with Crippen LogP contribution in [0.3, 0.4) is 0 Å². The van der Waals surface area contributed by atoms with Gasteiger partial charge in [0.15, 0.2) is 5.65 Å². The minimum atomic E-state index is -0.0836. The molecule has 5 rings (SSSR count). The molecule has 0 atom stereocenters. The van der Waals surface area contributed by atoms with Gasteiger partial charge in [0.25, 0.3) is 6.01 Å². The number of carbonyl (C=O) groups excluding carboxylic acids is 1. The van der Waals surface area contributed by atoms with Gasteiger partial charge in [0.05, 0.1) is 36.1 Å². The SMILES string of the molecule is CN(CCO)C(=O)[C@H]1C[C@@H](Oc2nc3nc(-c4ccc(N5CCOCC5)cc4)c(Cl)cc3[nH]2)C1. The molecule has 2 aliphatic rings. The number of rotatable bonds is 7. The summed E-state index contributed by atoms with van der Waals surface area (Å²) in [6.07, 6.45) is 1.17. The number of aromatic nitrogens is 3. The first kappa shape index (κ1) is 22.9. The zero-order chi connectivity index (χ0) is 23.7. The van der Waals surface area contributed by atoms with Crippen molar-refractivity contribution in [2.24, 2.45) is 5.92 Å². The third-order valence-electron chi connectivity index (χ3n) is 6.46. The topological polar surface area (TPSA) is 104 Å². The van der Waals surface area contributed by atoms with Crippen molar-refractivity contribution in [3.8, 4) is 17.3 Å². The molecule has 0 bridgehead atoms. The Morgan fingerprint density at radius 2 is 2.00 bits per heavy atom. The fourth-order valence-electron chi connectivity index (χ4n) is 4.40. The van der Waals surface area contributed by atoms with Gasteiger partial charge >= 0.3 is 0 Å². The molecule has 1 saturated heterocycles. The van der Waals surface area contributed by atoms with Gasteiger partial charge in [-0.3, -0.25) is 4.79 Å². The second-order valence-corrected chi connectivity index (χ2v) is 9.18. The Bertz CT molecular complexity index is 1160. The number of halogens is 1. The van der Waals surface area contributed by atoms with Crippen molar-refractivity contribution < 1.29 is 19.4 Å². The van der Waals surface area contributed by atoms with Gasteiger partial charge in [0.1, 0.15) is 6.10 Å². The smallest absolute Gasteiger partial charge is 0.296 e. The summed E-state index contributed by atoms with van der Waals surface area (Å²) in [5.41, 5.74) is 3.97. The highest BCUT2D eigenvalue weighted by Gasteiger charge is 2.38. The lowest BCUT2D eigenvalue weighted by atomic mass is 9.81. The van der Waals surface area contributed by atoms with E-state index in [0.717, 1.165) is 37.6 Å². The minimum absolute atomic E-state index is 0.0382. The van der Waals surface area contributed by atoms with Crippen LogP contribution in [0.5, 0.6) is 6.01 Å². The Morgan fingerprint density at radius 1 is 1.26 bits per heavy atom. The summed E-state index contributed by atoms with van der Waals surface area (Å²) >= 11 is 6.55. The fraction of sp³-hybridized carbons (Fsp3) is 0.458. The first-order valence-corrected chi connectivity index (χ1v) is 11.9. The number of aromatic amines is 1. The predicted octanol–water partition coefficient (Wildman–Crippen LogP) is 2.72. The number of ether oxygens (including phenoxy) is 2. The summed E-state index contributed by atoms with van der Waals surface area (Å²) in [6, 6.07) is 10.4. The van der Waals surface area contributed by atoms with Gasteiger partial charge in [0, 0.05) is 43.9 Å². The van der Waals surface area contributed by atoms with Crippen molar-refractivity contribution in [1.82, 2.24) is 19.9 Å². The Balaban J connectivity index is 1.26. The van der Waals surface area contributed by atoms with Gasteiger partial charge in [-0.15, -0.1) is 0 Å².